The minimum absolute atomic E-state index is 0.229. The molecule has 0 radical (unpaired) electrons. The molecule has 10 heteroatoms. The lowest BCUT2D eigenvalue weighted by atomic mass is 9.51. The van der Waals surface area contributed by atoms with Crippen LogP contribution in [0.25, 0.3) is 0 Å². The molecule has 6 rings (SSSR count). The summed E-state index contributed by atoms with van der Waals surface area (Å²) in [5, 5.41) is 34.7. The quantitative estimate of drug-likeness (QED) is 0.314. The average Bonchev–Trinajstić information content (AvgIpc) is 3.35. The Kier molecular flexibility index (Phi) is 2.97. The van der Waals surface area contributed by atoms with Gasteiger partial charge in [0.25, 0.3) is 0 Å². The normalized spacial score (nSPS) is 60.1. The number of fused-ring (bicyclic) bond motifs is 1. The highest BCUT2D eigenvalue weighted by Crippen LogP contribution is 2.84. The minimum Gasteiger partial charge on any atom is -0.459 e. The summed E-state index contributed by atoms with van der Waals surface area (Å²) < 4.78 is 22.5. The number of esters is 3. The van der Waals surface area contributed by atoms with E-state index in [2.05, 4.69) is 0 Å². The zero-order valence-electron chi connectivity index (χ0n) is 16.9. The van der Waals surface area contributed by atoms with Gasteiger partial charge in [-0.25, -0.2) is 9.59 Å². The van der Waals surface area contributed by atoms with Crippen LogP contribution in [0.5, 0.6) is 0 Å². The molecule has 6 aliphatic rings. The smallest absolute Gasteiger partial charge is 0.343 e. The summed E-state index contributed by atoms with van der Waals surface area (Å²) in [6, 6.07) is 0. The van der Waals surface area contributed by atoms with E-state index in [1.54, 1.807) is 0 Å². The van der Waals surface area contributed by atoms with E-state index in [9.17, 15) is 29.7 Å². The van der Waals surface area contributed by atoms with Gasteiger partial charge in [-0.15, -0.1) is 0 Å². The van der Waals surface area contributed by atoms with Crippen molar-refractivity contribution in [1.29, 1.82) is 0 Å². The fraction of sp³-hybridized carbons (Fsp3) is 0.850. The number of hydrogen-bond donors (Lipinski definition) is 3. The van der Waals surface area contributed by atoms with E-state index in [1.807, 2.05) is 20.8 Å². The lowest BCUT2D eigenvalue weighted by Crippen LogP contribution is -2.67. The molecule has 0 unspecified atom stereocenters. The molecule has 0 amide bonds. The average molecular weight is 424 g/mol. The van der Waals surface area contributed by atoms with Crippen molar-refractivity contribution in [2.45, 2.75) is 76.0 Å². The molecular formula is C20H24O10. The maximum atomic E-state index is 13.4. The molecule has 4 saturated heterocycles. The van der Waals surface area contributed by atoms with Crippen LogP contribution in [-0.2, 0) is 33.3 Å². The first-order valence-corrected chi connectivity index (χ1v) is 10.2. The summed E-state index contributed by atoms with van der Waals surface area (Å²) in [6.45, 7) is 7.14. The first kappa shape index (κ1) is 19.0. The summed E-state index contributed by atoms with van der Waals surface area (Å²) in [4.78, 5) is 38.2. The van der Waals surface area contributed by atoms with E-state index < -0.39 is 87.9 Å². The van der Waals surface area contributed by atoms with Gasteiger partial charge >= 0.3 is 17.9 Å². The molecule has 0 aromatic rings. The zero-order valence-corrected chi connectivity index (χ0v) is 16.9. The van der Waals surface area contributed by atoms with Crippen LogP contribution in [0, 0.1) is 28.1 Å². The molecule has 164 valence electrons. The molecule has 4 aliphatic heterocycles. The highest BCUT2D eigenvalue weighted by atomic mass is 16.8. The molecule has 30 heavy (non-hydrogen) atoms. The van der Waals surface area contributed by atoms with Crippen LogP contribution < -0.4 is 0 Å². The second-order valence-corrected chi connectivity index (χ2v) is 10.7. The molecule has 2 aliphatic carbocycles. The third-order valence-electron chi connectivity index (χ3n) is 9.00. The van der Waals surface area contributed by atoms with Crippen molar-refractivity contribution >= 4 is 17.9 Å². The number of aliphatic hydroxyl groups is 3. The van der Waals surface area contributed by atoms with Crippen LogP contribution in [0.3, 0.4) is 0 Å². The lowest BCUT2D eigenvalue weighted by molar-refractivity contribution is -0.239. The van der Waals surface area contributed by atoms with E-state index in [4.69, 9.17) is 18.9 Å². The molecule has 0 aromatic carbocycles. The van der Waals surface area contributed by atoms with Crippen molar-refractivity contribution in [3.05, 3.63) is 0 Å². The third kappa shape index (κ3) is 1.33. The van der Waals surface area contributed by atoms with Gasteiger partial charge in [-0.1, -0.05) is 20.8 Å². The standard InChI is InChI=1S/C20H24O10/c1-6-12(23)28-11-9(21)18-8-5-7(16(2,3)4)17(18)10(22)13(24)29-15(17)30-20(18,14(25)27-8)19(6,11)26/h6-11,15,21-22,26H,5H2,1-4H3/t6-,7+,8-,9+,10+,11+,15+,17+,18-,19-,20+/m1/s1. The highest BCUT2D eigenvalue weighted by Gasteiger charge is 3.03. The molecule has 0 bridgehead atoms. The number of carbonyl (C=O) groups is 3. The SMILES string of the molecule is C[C@@H]1C(=O)O[C@H]2[C@H](O)[C@]34[C@H]5C[C@@H](C(C)(C)C)[C@]36[C@@H](OC(=O)[C@@H]6O)O[C@]4(C(=O)O5)[C@@]12O. The van der Waals surface area contributed by atoms with Crippen molar-refractivity contribution in [3.8, 4) is 0 Å². The van der Waals surface area contributed by atoms with Gasteiger partial charge in [0.15, 0.2) is 17.8 Å². The number of rotatable bonds is 0. The Labute approximate surface area is 171 Å². The first-order valence-electron chi connectivity index (χ1n) is 10.2. The van der Waals surface area contributed by atoms with Gasteiger partial charge in [-0.05, 0) is 24.7 Å². The molecule has 11 atom stereocenters. The second-order valence-electron chi connectivity index (χ2n) is 10.7. The topological polar surface area (TPSA) is 149 Å². The monoisotopic (exact) mass is 424 g/mol. The predicted molar refractivity (Wildman–Crippen MR) is 92.0 cm³/mol. The Hall–Kier alpha value is -1.75. The lowest BCUT2D eigenvalue weighted by Gasteiger charge is -2.47. The fourth-order valence-electron chi connectivity index (χ4n) is 8.12. The summed E-state index contributed by atoms with van der Waals surface area (Å²) in [7, 11) is 0. The summed E-state index contributed by atoms with van der Waals surface area (Å²) in [5.74, 6) is -4.32. The molecule has 0 aromatic heterocycles. The van der Waals surface area contributed by atoms with E-state index in [0.29, 0.717) is 0 Å². The summed E-state index contributed by atoms with van der Waals surface area (Å²) >= 11 is 0. The number of hydrogen-bond acceptors (Lipinski definition) is 10. The van der Waals surface area contributed by atoms with Gasteiger partial charge < -0.3 is 34.3 Å². The number of aliphatic hydroxyl groups excluding tert-OH is 2. The second kappa shape index (κ2) is 4.69. The maximum absolute atomic E-state index is 13.4. The van der Waals surface area contributed by atoms with Crippen LogP contribution in [0.15, 0.2) is 0 Å². The van der Waals surface area contributed by atoms with E-state index >= 15 is 0 Å². The van der Waals surface area contributed by atoms with Gasteiger partial charge in [-0.3, -0.25) is 4.79 Å². The van der Waals surface area contributed by atoms with Gasteiger partial charge in [0.05, 0.1) is 16.7 Å². The van der Waals surface area contributed by atoms with E-state index in [0.717, 1.165) is 0 Å². The van der Waals surface area contributed by atoms with Crippen LogP contribution in [0.2, 0.25) is 0 Å². The minimum atomic E-state index is -2.24. The predicted octanol–water partition coefficient (Wildman–Crippen LogP) is -1.37. The van der Waals surface area contributed by atoms with Gasteiger partial charge in [-0.2, -0.15) is 0 Å². The maximum Gasteiger partial charge on any atom is 0.343 e. The Balaban J connectivity index is 1.72. The van der Waals surface area contributed by atoms with Crippen LogP contribution in [0.1, 0.15) is 34.1 Å². The Bertz CT molecular complexity index is 925. The Morgan fingerprint density at radius 1 is 1.03 bits per heavy atom. The van der Waals surface area contributed by atoms with Crippen LogP contribution >= 0.6 is 0 Å². The summed E-state index contributed by atoms with van der Waals surface area (Å²) in [6.07, 6.45) is -6.91. The number of carbonyl (C=O) groups excluding carboxylic acids is 3. The summed E-state index contributed by atoms with van der Waals surface area (Å²) in [5.41, 5.74) is -8.26. The molecule has 10 nitrogen and oxygen atoms in total. The van der Waals surface area contributed by atoms with Crippen LogP contribution in [-0.4, -0.2) is 75.1 Å². The van der Waals surface area contributed by atoms with E-state index in [-0.39, 0.29) is 6.42 Å². The van der Waals surface area contributed by atoms with Gasteiger partial charge in [0.1, 0.15) is 12.2 Å². The molecular weight excluding hydrogens is 400 g/mol. The van der Waals surface area contributed by atoms with Crippen molar-refractivity contribution in [2.24, 2.45) is 28.1 Å². The first-order chi connectivity index (χ1) is 13.8. The molecule has 2 spiro atoms. The Morgan fingerprint density at radius 2 is 1.70 bits per heavy atom. The largest absolute Gasteiger partial charge is 0.459 e. The van der Waals surface area contributed by atoms with Crippen LogP contribution in [0.4, 0.5) is 0 Å². The fourth-order valence-corrected chi connectivity index (χ4v) is 8.12. The zero-order chi connectivity index (χ0) is 21.8. The van der Waals surface area contributed by atoms with E-state index in [1.165, 1.54) is 6.92 Å². The van der Waals surface area contributed by atoms with Crippen molar-refractivity contribution < 1.29 is 48.7 Å². The molecule has 4 heterocycles. The number of ether oxygens (including phenoxy) is 4. The highest BCUT2D eigenvalue weighted by molar-refractivity contribution is 5.94. The van der Waals surface area contributed by atoms with Gasteiger partial charge in [0.2, 0.25) is 11.9 Å². The molecule has 2 saturated carbocycles. The van der Waals surface area contributed by atoms with Crippen molar-refractivity contribution in [1.82, 2.24) is 0 Å². The third-order valence-corrected chi connectivity index (χ3v) is 9.00. The van der Waals surface area contributed by atoms with Crippen molar-refractivity contribution in [3.63, 3.8) is 0 Å². The molecule has 6 fully saturated rings. The molecule has 3 N–H and O–H groups in total. The van der Waals surface area contributed by atoms with Crippen molar-refractivity contribution in [2.75, 3.05) is 0 Å². The van der Waals surface area contributed by atoms with Gasteiger partial charge in [0, 0.05) is 0 Å². The Morgan fingerprint density at radius 3 is 2.33 bits per heavy atom.